The lowest BCUT2D eigenvalue weighted by Crippen LogP contribution is -2.45. The second-order valence-electron chi connectivity index (χ2n) is 5.06. The number of methoxy groups -OCH3 is 1. The third kappa shape index (κ3) is 6.64. The zero-order valence-electron chi connectivity index (χ0n) is 11.9. The second-order valence-corrected chi connectivity index (χ2v) is 5.06. The molecular weight excluding hydrogens is 254 g/mol. The monoisotopic (exact) mass is 275 g/mol. The molecule has 1 atom stereocenters. The molecule has 0 rings (SSSR count). The van der Waals surface area contributed by atoms with Gasteiger partial charge in [-0.25, -0.2) is 9.59 Å². The van der Waals surface area contributed by atoms with Crippen LogP contribution in [-0.4, -0.2) is 53.8 Å². The standard InChI is InChI=1S/C12H21NO6/c1-12(2,3)19-11(17)13(4)8(10(15)16)6-7-9(14)18-5/h8H,6-7H2,1-5H3,(H,15,16). The third-order valence-corrected chi connectivity index (χ3v) is 2.28. The minimum Gasteiger partial charge on any atom is -0.480 e. The van der Waals surface area contributed by atoms with Crippen molar-refractivity contribution in [1.82, 2.24) is 4.90 Å². The van der Waals surface area contributed by atoms with Gasteiger partial charge >= 0.3 is 18.0 Å². The van der Waals surface area contributed by atoms with Crippen LogP contribution >= 0.6 is 0 Å². The van der Waals surface area contributed by atoms with Crippen LogP contribution in [0.25, 0.3) is 0 Å². The number of esters is 1. The van der Waals surface area contributed by atoms with Crippen LogP contribution in [0.4, 0.5) is 4.79 Å². The summed E-state index contributed by atoms with van der Waals surface area (Å²) in [5.41, 5.74) is -0.712. The molecule has 19 heavy (non-hydrogen) atoms. The molecule has 0 aromatic carbocycles. The first-order valence-corrected chi connectivity index (χ1v) is 5.84. The lowest BCUT2D eigenvalue weighted by molar-refractivity contribution is -0.144. The summed E-state index contributed by atoms with van der Waals surface area (Å²) in [5, 5.41) is 9.07. The highest BCUT2D eigenvalue weighted by molar-refractivity contribution is 5.80. The molecule has 0 heterocycles. The van der Waals surface area contributed by atoms with Gasteiger partial charge in [-0.15, -0.1) is 0 Å². The van der Waals surface area contributed by atoms with Crippen LogP contribution in [0, 0.1) is 0 Å². The topological polar surface area (TPSA) is 93.1 Å². The SMILES string of the molecule is COC(=O)CCC(C(=O)O)N(C)C(=O)OC(C)(C)C. The Morgan fingerprint density at radius 2 is 1.79 bits per heavy atom. The van der Waals surface area contributed by atoms with E-state index in [1.807, 2.05) is 0 Å². The number of ether oxygens (including phenoxy) is 2. The first-order valence-electron chi connectivity index (χ1n) is 5.84. The van der Waals surface area contributed by atoms with Gasteiger partial charge < -0.3 is 14.6 Å². The molecule has 0 aliphatic rings. The fourth-order valence-corrected chi connectivity index (χ4v) is 1.30. The van der Waals surface area contributed by atoms with E-state index < -0.39 is 29.7 Å². The lowest BCUT2D eigenvalue weighted by atomic mass is 10.1. The Morgan fingerprint density at radius 3 is 2.16 bits per heavy atom. The number of carbonyl (C=O) groups is 3. The van der Waals surface area contributed by atoms with Crippen molar-refractivity contribution in [3.63, 3.8) is 0 Å². The molecule has 0 aliphatic heterocycles. The third-order valence-electron chi connectivity index (χ3n) is 2.28. The maximum atomic E-state index is 11.7. The highest BCUT2D eigenvalue weighted by Crippen LogP contribution is 2.13. The summed E-state index contributed by atoms with van der Waals surface area (Å²) in [6.45, 7) is 5.05. The average molecular weight is 275 g/mol. The number of rotatable bonds is 5. The van der Waals surface area contributed by atoms with E-state index in [-0.39, 0.29) is 12.8 Å². The van der Waals surface area contributed by atoms with Crippen molar-refractivity contribution in [1.29, 1.82) is 0 Å². The number of nitrogens with zero attached hydrogens (tertiary/aromatic N) is 1. The smallest absolute Gasteiger partial charge is 0.410 e. The number of carbonyl (C=O) groups excluding carboxylic acids is 2. The van der Waals surface area contributed by atoms with E-state index in [9.17, 15) is 14.4 Å². The van der Waals surface area contributed by atoms with E-state index >= 15 is 0 Å². The molecule has 0 aliphatic carbocycles. The number of hydrogen-bond acceptors (Lipinski definition) is 5. The summed E-state index contributed by atoms with van der Waals surface area (Å²) in [6, 6.07) is -1.13. The van der Waals surface area contributed by atoms with Gasteiger partial charge in [0, 0.05) is 13.5 Å². The van der Waals surface area contributed by atoms with Gasteiger partial charge in [0.1, 0.15) is 11.6 Å². The van der Waals surface area contributed by atoms with Gasteiger partial charge in [-0.3, -0.25) is 9.69 Å². The van der Waals surface area contributed by atoms with Gasteiger partial charge in [0.15, 0.2) is 0 Å². The summed E-state index contributed by atoms with van der Waals surface area (Å²) < 4.78 is 9.51. The first-order chi connectivity index (χ1) is 8.58. The van der Waals surface area contributed by atoms with Gasteiger partial charge in [0.05, 0.1) is 7.11 Å². The van der Waals surface area contributed by atoms with Crippen molar-refractivity contribution in [2.75, 3.05) is 14.2 Å². The predicted molar refractivity (Wildman–Crippen MR) is 66.7 cm³/mol. The fraction of sp³-hybridized carbons (Fsp3) is 0.750. The van der Waals surface area contributed by atoms with Crippen molar-refractivity contribution in [3.05, 3.63) is 0 Å². The van der Waals surface area contributed by atoms with Crippen LogP contribution in [-0.2, 0) is 19.1 Å². The molecule has 0 bridgehead atoms. The largest absolute Gasteiger partial charge is 0.480 e. The summed E-state index contributed by atoms with van der Waals surface area (Å²) in [5.74, 6) is -1.72. The number of carboxylic acids is 1. The van der Waals surface area contributed by atoms with Crippen molar-refractivity contribution in [2.24, 2.45) is 0 Å². The van der Waals surface area contributed by atoms with Gasteiger partial charge in [-0.1, -0.05) is 0 Å². The number of likely N-dealkylation sites (N-methyl/N-ethyl adjacent to an activating group) is 1. The van der Waals surface area contributed by atoms with Crippen LogP contribution < -0.4 is 0 Å². The number of aliphatic carboxylic acids is 1. The van der Waals surface area contributed by atoms with Crippen LogP contribution in [0.2, 0.25) is 0 Å². The van der Waals surface area contributed by atoms with Gasteiger partial charge in [-0.2, -0.15) is 0 Å². The van der Waals surface area contributed by atoms with Crippen molar-refractivity contribution in [2.45, 2.75) is 45.3 Å². The fourth-order valence-electron chi connectivity index (χ4n) is 1.30. The Balaban J connectivity index is 4.66. The van der Waals surface area contributed by atoms with Crippen molar-refractivity contribution >= 4 is 18.0 Å². The van der Waals surface area contributed by atoms with Gasteiger partial charge in [-0.05, 0) is 27.2 Å². The van der Waals surface area contributed by atoms with E-state index in [4.69, 9.17) is 9.84 Å². The summed E-state index contributed by atoms with van der Waals surface area (Å²) in [4.78, 5) is 34.8. The maximum absolute atomic E-state index is 11.7. The molecule has 1 unspecified atom stereocenters. The predicted octanol–water partition coefficient (Wildman–Crippen LogP) is 1.26. The number of hydrogen-bond donors (Lipinski definition) is 1. The Morgan fingerprint density at radius 1 is 1.26 bits per heavy atom. The molecule has 1 N–H and O–H groups in total. The Bertz CT molecular complexity index is 347. The molecule has 110 valence electrons. The second kappa shape index (κ2) is 6.96. The summed E-state index contributed by atoms with van der Waals surface area (Å²) >= 11 is 0. The summed E-state index contributed by atoms with van der Waals surface area (Å²) in [7, 11) is 2.54. The molecule has 7 heteroatoms. The van der Waals surface area contributed by atoms with Crippen LogP contribution in [0.3, 0.4) is 0 Å². The Hall–Kier alpha value is -1.79. The van der Waals surface area contributed by atoms with Gasteiger partial charge in [0.25, 0.3) is 0 Å². The van der Waals surface area contributed by atoms with Crippen LogP contribution in [0.15, 0.2) is 0 Å². The molecule has 0 aromatic heterocycles. The average Bonchev–Trinajstić information content (AvgIpc) is 2.25. The minimum absolute atomic E-state index is 0.0300. The Kier molecular flexibility index (Phi) is 6.31. The Labute approximate surface area is 112 Å². The quantitative estimate of drug-likeness (QED) is 0.759. The van der Waals surface area contributed by atoms with E-state index in [1.165, 1.54) is 14.2 Å². The van der Waals surface area contributed by atoms with Crippen molar-refractivity contribution < 1.29 is 29.0 Å². The van der Waals surface area contributed by atoms with Crippen LogP contribution in [0.5, 0.6) is 0 Å². The van der Waals surface area contributed by atoms with Gasteiger partial charge in [0.2, 0.25) is 0 Å². The molecule has 7 nitrogen and oxygen atoms in total. The van der Waals surface area contributed by atoms with Crippen LogP contribution in [0.1, 0.15) is 33.6 Å². The van der Waals surface area contributed by atoms with E-state index in [2.05, 4.69) is 4.74 Å². The lowest BCUT2D eigenvalue weighted by Gasteiger charge is -2.28. The first kappa shape index (κ1) is 17.2. The van der Waals surface area contributed by atoms with E-state index in [1.54, 1.807) is 20.8 Å². The van der Waals surface area contributed by atoms with E-state index in [0.29, 0.717) is 0 Å². The molecular formula is C12H21NO6. The molecule has 0 saturated carbocycles. The summed E-state index contributed by atoms with van der Waals surface area (Å²) in [6.07, 6.45) is -0.858. The minimum atomic E-state index is -1.20. The molecule has 0 saturated heterocycles. The molecule has 1 amide bonds. The maximum Gasteiger partial charge on any atom is 0.410 e. The molecule has 0 spiro atoms. The highest BCUT2D eigenvalue weighted by Gasteiger charge is 2.30. The highest BCUT2D eigenvalue weighted by atomic mass is 16.6. The number of amides is 1. The zero-order chi connectivity index (χ0) is 15.2. The van der Waals surface area contributed by atoms with E-state index in [0.717, 1.165) is 4.90 Å². The molecule has 0 radical (unpaired) electrons. The normalized spacial score (nSPS) is 12.5. The molecule has 0 fully saturated rings. The zero-order valence-corrected chi connectivity index (χ0v) is 11.9. The molecule has 0 aromatic rings. The van der Waals surface area contributed by atoms with Crippen molar-refractivity contribution in [3.8, 4) is 0 Å². The number of carboxylic acid groups (broad SMARTS) is 1.